The Hall–Kier alpha value is -1.17. The van der Waals surface area contributed by atoms with Crippen molar-refractivity contribution in [2.24, 2.45) is 0 Å². The molecule has 1 aromatic rings. The van der Waals surface area contributed by atoms with Crippen LogP contribution in [0.4, 0.5) is 5.82 Å². The van der Waals surface area contributed by atoms with Gasteiger partial charge in [-0.2, -0.15) is 0 Å². The molecule has 2 heterocycles. The van der Waals surface area contributed by atoms with E-state index in [1.54, 1.807) is 6.26 Å². The number of anilines is 1. The number of nitrogens with one attached hydrogen (secondary N) is 2. The third-order valence-electron chi connectivity index (χ3n) is 3.10. The van der Waals surface area contributed by atoms with E-state index >= 15 is 0 Å². The predicted molar refractivity (Wildman–Crippen MR) is 74.0 cm³/mol. The van der Waals surface area contributed by atoms with E-state index in [0.717, 1.165) is 0 Å². The summed E-state index contributed by atoms with van der Waals surface area (Å²) in [6.07, 6.45) is -4.78. The first-order valence-electron chi connectivity index (χ1n) is 6.18. The van der Waals surface area contributed by atoms with E-state index in [0.29, 0.717) is 5.16 Å². The van der Waals surface area contributed by atoms with Crippen molar-refractivity contribution in [2.75, 3.05) is 18.2 Å². The molecule has 1 fully saturated rings. The Morgan fingerprint density at radius 1 is 1.38 bits per heavy atom. The highest BCUT2D eigenvalue weighted by molar-refractivity contribution is 7.98. The average Bonchev–Trinajstić information content (AvgIpc) is 2.47. The third-order valence-corrected chi connectivity index (χ3v) is 3.68. The zero-order valence-electron chi connectivity index (χ0n) is 11.1. The lowest BCUT2D eigenvalue weighted by Gasteiger charge is -2.40. The summed E-state index contributed by atoms with van der Waals surface area (Å²) in [6.45, 7) is -0.526. The molecule has 6 N–H and O–H groups in total. The first kappa shape index (κ1) is 16.2. The number of hydrogen-bond acceptors (Lipinski definition) is 9. The summed E-state index contributed by atoms with van der Waals surface area (Å²) >= 11 is 1.23. The van der Waals surface area contributed by atoms with Crippen LogP contribution in [0, 0.1) is 0 Å². The standard InChI is InChI=1S/C11H17N3O6S/c1-21-11-13-5(2-6(16)14-11)12-10-9(19)8(18)7(17)4(3-15)20-10/h2,4,7-10,15,17-19H,3H2,1H3,(H2,12,13,14,16)/t4-,7+,8+,9+,10+/m0/s1. The van der Waals surface area contributed by atoms with Crippen molar-refractivity contribution in [3.63, 3.8) is 0 Å². The first-order chi connectivity index (χ1) is 9.96. The van der Waals surface area contributed by atoms with Crippen molar-refractivity contribution in [3.8, 4) is 0 Å². The minimum atomic E-state index is -1.49. The van der Waals surface area contributed by atoms with Gasteiger partial charge in [0, 0.05) is 6.07 Å². The highest BCUT2D eigenvalue weighted by atomic mass is 32.2. The van der Waals surface area contributed by atoms with Crippen molar-refractivity contribution in [2.45, 2.75) is 35.8 Å². The molecule has 5 atom stereocenters. The normalized spacial score (nSPS) is 32.9. The number of aromatic nitrogens is 2. The van der Waals surface area contributed by atoms with Crippen LogP contribution in [0.15, 0.2) is 16.0 Å². The molecule has 0 unspecified atom stereocenters. The summed E-state index contributed by atoms with van der Waals surface area (Å²) in [6, 6.07) is 1.17. The topological polar surface area (TPSA) is 148 Å². The Balaban J connectivity index is 2.18. The molecule has 0 radical (unpaired) electrons. The number of hydrogen-bond donors (Lipinski definition) is 6. The van der Waals surface area contributed by atoms with Gasteiger partial charge in [-0.05, 0) is 6.26 Å². The number of H-pyrrole nitrogens is 1. The maximum absolute atomic E-state index is 11.4. The molecule has 9 nitrogen and oxygen atoms in total. The Morgan fingerprint density at radius 3 is 2.71 bits per heavy atom. The van der Waals surface area contributed by atoms with Gasteiger partial charge in [-0.15, -0.1) is 0 Å². The molecule has 2 rings (SSSR count). The second-order valence-electron chi connectivity index (χ2n) is 4.53. The van der Waals surface area contributed by atoms with Crippen LogP contribution in [-0.4, -0.2) is 73.9 Å². The summed E-state index contributed by atoms with van der Waals surface area (Å²) in [7, 11) is 0. The molecule has 1 aliphatic heterocycles. The van der Waals surface area contributed by atoms with Crippen molar-refractivity contribution < 1.29 is 25.2 Å². The van der Waals surface area contributed by atoms with Crippen LogP contribution in [0.25, 0.3) is 0 Å². The molecule has 118 valence electrons. The van der Waals surface area contributed by atoms with Gasteiger partial charge in [0.15, 0.2) is 11.4 Å². The number of nitrogens with zero attached hydrogens (tertiary/aromatic N) is 1. The fourth-order valence-electron chi connectivity index (χ4n) is 1.97. The minimum absolute atomic E-state index is 0.146. The lowest BCUT2D eigenvalue weighted by atomic mass is 9.98. The molecule has 0 aromatic carbocycles. The van der Waals surface area contributed by atoms with E-state index in [2.05, 4.69) is 15.3 Å². The lowest BCUT2D eigenvalue weighted by Crippen LogP contribution is -2.60. The van der Waals surface area contributed by atoms with Gasteiger partial charge in [-0.1, -0.05) is 11.8 Å². The Kier molecular flexibility index (Phi) is 5.19. The summed E-state index contributed by atoms with van der Waals surface area (Å²) in [5.41, 5.74) is -0.388. The van der Waals surface area contributed by atoms with Gasteiger partial charge in [0.2, 0.25) is 0 Å². The van der Waals surface area contributed by atoms with Crippen molar-refractivity contribution in [1.29, 1.82) is 0 Å². The SMILES string of the molecule is CSc1nc(N[C@@H]2O[C@@H](CO)[C@@H](O)[C@@H](O)[C@H]2O)cc(=O)[nH]1. The summed E-state index contributed by atoms with van der Waals surface area (Å²) in [5, 5.41) is 41.4. The molecule has 1 saturated heterocycles. The minimum Gasteiger partial charge on any atom is -0.394 e. The van der Waals surface area contributed by atoms with E-state index in [1.165, 1.54) is 17.8 Å². The highest BCUT2D eigenvalue weighted by Crippen LogP contribution is 2.22. The van der Waals surface area contributed by atoms with Gasteiger partial charge < -0.3 is 35.5 Å². The number of aliphatic hydroxyl groups is 4. The van der Waals surface area contributed by atoms with Crippen molar-refractivity contribution in [1.82, 2.24) is 9.97 Å². The number of aliphatic hydroxyl groups excluding tert-OH is 4. The van der Waals surface area contributed by atoms with Gasteiger partial charge in [0.25, 0.3) is 5.56 Å². The average molecular weight is 319 g/mol. The molecule has 1 aromatic heterocycles. The molecule has 0 spiro atoms. The van der Waals surface area contributed by atoms with E-state index in [4.69, 9.17) is 9.84 Å². The Labute approximate surface area is 124 Å². The van der Waals surface area contributed by atoms with Crippen LogP contribution >= 0.6 is 11.8 Å². The molecular formula is C11H17N3O6S. The molecule has 0 aliphatic carbocycles. The van der Waals surface area contributed by atoms with Crippen LogP contribution in [-0.2, 0) is 4.74 Å². The van der Waals surface area contributed by atoms with E-state index in [1.807, 2.05) is 0 Å². The van der Waals surface area contributed by atoms with Gasteiger partial charge >= 0.3 is 0 Å². The largest absolute Gasteiger partial charge is 0.394 e. The second-order valence-corrected chi connectivity index (χ2v) is 5.33. The van der Waals surface area contributed by atoms with Crippen molar-refractivity contribution >= 4 is 17.6 Å². The van der Waals surface area contributed by atoms with Crippen LogP contribution in [0.5, 0.6) is 0 Å². The molecule has 0 saturated carbocycles. The quantitative estimate of drug-likeness (QED) is 0.266. The van der Waals surface area contributed by atoms with Gasteiger partial charge in [-0.3, -0.25) is 4.79 Å². The summed E-state index contributed by atoms with van der Waals surface area (Å²) in [5.74, 6) is 0.146. The van der Waals surface area contributed by atoms with Crippen LogP contribution in [0.2, 0.25) is 0 Å². The van der Waals surface area contributed by atoms with Crippen LogP contribution in [0.1, 0.15) is 0 Å². The zero-order chi connectivity index (χ0) is 15.6. The lowest BCUT2D eigenvalue weighted by molar-refractivity contribution is -0.221. The van der Waals surface area contributed by atoms with Crippen LogP contribution < -0.4 is 10.9 Å². The number of thioether (sulfide) groups is 1. The Morgan fingerprint density at radius 2 is 2.10 bits per heavy atom. The monoisotopic (exact) mass is 319 g/mol. The maximum Gasteiger partial charge on any atom is 0.253 e. The molecule has 0 amide bonds. The molecule has 21 heavy (non-hydrogen) atoms. The van der Waals surface area contributed by atoms with Gasteiger partial charge in [-0.25, -0.2) is 4.98 Å². The number of ether oxygens (including phenoxy) is 1. The van der Waals surface area contributed by atoms with Gasteiger partial charge in [0.05, 0.1) is 6.61 Å². The smallest absolute Gasteiger partial charge is 0.253 e. The molecule has 10 heteroatoms. The summed E-state index contributed by atoms with van der Waals surface area (Å²) < 4.78 is 5.27. The predicted octanol–water partition coefficient (Wildman–Crippen LogP) is -2.30. The number of aromatic amines is 1. The van der Waals surface area contributed by atoms with E-state index in [-0.39, 0.29) is 11.4 Å². The fraction of sp³-hybridized carbons (Fsp3) is 0.636. The fourth-order valence-corrected chi connectivity index (χ4v) is 2.36. The second kappa shape index (κ2) is 6.73. The van der Waals surface area contributed by atoms with Gasteiger partial charge in [0.1, 0.15) is 30.2 Å². The van der Waals surface area contributed by atoms with Crippen LogP contribution in [0.3, 0.4) is 0 Å². The maximum atomic E-state index is 11.4. The number of rotatable bonds is 4. The molecular weight excluding hydrogens is 302 g/mol. The molecule has 0 bridgehead atoms. The van der Waals surface area contributed by atoms with E-state index in [9.17, 15) is 20.1 Å². The summed E-state index contributed by atoms with van der Waals surface area (Å²) in [4.78, 5) is 18.0. The third kappa shape index (κ3) is 3.54. The highest BCUT2D eigenvalue weighted by Gasteiger charge is 2.43. The Bertz CT molecular complexity index is 539. The first-order valence-corrected chi connectivity index (χ1v) is 7.41. The van der Waals surface area contributed by atoms with E-state index < -0.39 is 37.3 Å². The zero-order valence-corrected chi connectivity index (χ0v) is 11.9. The van der Waals surface area contributed by atoms with Crippen molar-refractivity contribution in [3.05, 3.63) is 16.4 Å². The molecule has 1 aliphatic rings.